The van der Waals surface area contributed by atoms with Crippen molar-refractivity contribution in [3.05, 3.63) is 24.4 Å². The number of sulfone groups is 1. The van der Waals surface area contributed by atoms with Crippen molar-refractivity contribution in [2.45, 2.75) is 24.7 Å². The summed E-state index contributed by atoms with van der Waals surface area (Å²) < 4.78 is 54.5. The largest absolute Gasteiger partial charge is 0.506 e. The lowest BCUT2D eigenvalue weighted by molar-refractivity contribution is -0.0244. The molecule has 0 atom stereocenters. The van der Waals surface area contributed by atoms with Crippen LogP contribution in [0.3, 0.4) is 0 Å². The summed E-state index contributed by atoms with van der Waals surface area (Å²) >= 11 is 0. The Morgan fingerprint density at radius 3 is 2.54 bits per heavy atom. The third-order valence-electron chi connectivity index (χ3n) is 2.91. The predicted molar refractivity (Wildman–Crippen MR) is 80.8 cm³/mol. The van der Waals surface area contributed by atoms with Gasteiger partial charge >= 0.3 is 0 Å². The first-order valence-corrected chi connectivity index (χ1v) is 8.54. The number of hydrogen-bond donors (Lipinski definition) is 1. The van der Waals surface area contributed by atoms with Gasteiger partial charge in [-0.1, -0.05) is 6.92 Å². The van der Waals surface area contributed by atoms with Crippen LogP contribution in [-0.4, -0.2) is 47.0 Å². The van der Waals surface area contributed by atoms with Crippen molar-refractivity contribution in [1.82, 2.24) is 15.2 Å². The Kier molecular flexibility index (Phi) is 4.97. The fourth-order valence-corrected chi connectivity index (χ4v) is 2.81. The molecule has 2 heterocycles. The van der Waals surface area contributed by atoms with Crippen LogP contribution in [0.25, 0.3) is 11.4 Å². The molecule has 130 valence electrons. The van der Waals surface area contributed by atoms with Crippen molar-refractivity contribution in [3.8, 4) is 23.0 Å². The van der Waals surface area contributed by atoms with Crippen LogP contribution in [-0.2, 0) is 9.84 Å². The second-order valence-electron chi connectivity index (χ2n) is 5.06. The van der Waals surface area contributed by atoms with Crippen molar-refractivity contribution < 1.29 is 27.0 Å². The third kappa shape index (κ3) is 4.34. The number of aromatic nitrogens is 3. The molecule has 0 aliphatic rings. The monoisotopic (exact) mass is 359 g/mol. The molecule has 0 unspecified atom stereocenters. The number of ether oxygens (including phenoxy) is 1. The van der Waals surface area contributed by atoms with Gasteiger partial charge < -0.3 is 9.84 Å². The first kappa shape index (κ1) is 18.0. The van der Waals surface area contributed by atoms with Gasteiger partial charge in [-0.3, -0.25) is 0 Å². The van der Waals surface area contributed by atoms with Gasteiger partial charge in [0.25, 0.3) is 5.92 Å². The second-order valence-corrected chi connectivity index (χ2v) is 7.31. The lowest BCUT2D eigenvalue weighted by Gasteiger charge is -2.11. The van der Waals surface area contributed by atoms with E-state index in [9.17, 15) is 22.3 Å². The van der Waals surface area contributed by atoms with E-state index in [4.69, 9.17) is 4.74 Å². The van der Waals surface area contributed by atoms with Gasteiger partial charge in [-0.25, -0.2) is 22.2 Å². The zero-order valence-corrected chi connectivity index (χ0v) is 13.7. The molecule has 10 heteroatoms. The van der Waals surface area contributed by atoms with Gasteiger partial charge in [0.05, 0.1) is 16.8 Å². The van der Waals surface area contributed by atoms with E-state index < -0.39 is 22.4 Å². The average Bonchev–Trinajstić information content (AvgIpc) is 2.53. The summed E-state index contributed by atoms with van der Waals surface area (Å²) in [6.45, 7) is 1.31. The Morgan fingerprint density at radius 2 is 2.00 bits per heavy atom. The third-order valence-corrected chi connectivity index (χ3v) is 4.65. The molecule has 0 amide bonds. The highest BCUT2D eigenvalue weighted by atomic mass is 32.2. The highest BCUT2D eigenvalue weighted by Gasteiger charge is 2.23. The smallest absolute Gasteiger partial charge is 0.278 e. The zero-order chi connectivity index (χ0) is 18.0. The number of pyridine rings is 1. The highest BCUT2D eigenvalue weighted by Crippen LogP contribution is 2.28. The molecule has 0 radical (unpaired) electrons. The van der Waals surface area contributed by atoms with Crippen LogP contribution in [0.1, 0.15) is 13.8 Å². The molecule has 0 aromatic carbocycles. The fourth-order valence-electron chi connectivity index (χ4n) is 1.74. The van der Waals surface area contributed by atoms with Crippen LogP contribution >= 0.6 is 0 Å². The second kappa shape index (κ2) is 6.63. The van der Waals surface area contributed by atoms with Crippen molar-refractivity contribution in [2.75, 3.05) is 12.4 Å². The molecule has 0 saturated carbocycles. The molecular weight excluding hydrogens is 344 g/mol. The van der Waals surface area contributed by atoms with E-state index in [0.29, 0.717) is 6.92 Å². The van der Waals surface area contributed by atoms with Gasteiger partial charge in [0, 0.05) is 19.1 Å². The number of hydrogen-bond acceptors (Lipinski definition) is 7. The molecule has 0 saturated heterocycles. The minimum Gasteiger partial charge on any atom is -0.506 e. The minimum atomic E-state index is -3.66. The average molecular weight is 359 g/mol. The molecule has 1 N–H and O–H groups in total. The van der Waals surface area contributed by atoms with Crippen molar-refractivity contribution in [1.29, 1.82) is 0 Å². The summed E-state index contributed by atoms with van der Waals surface area (Å²) in [5.74, 6) is -3.63. The van der Waals surface area contributed by atoms with Crippen LogP contribution in [0, 0.1) is 0 Å². The Hall–Kier alpha value is -2.36. The molecule has 2 aromatic rings. The number of halogens is 2. The molecule has 0 fully saturated rings. The minimum absolute atomic E-state index is 0.00882. The van der Waals surface area contributed by atoms with Crippen LogP contribution in [0.5, 0.6) is 11.6 Å². The maximum absolute atomic E-state index is 12.7. The first-order chi connectivity index (χ1) is 11.1. The van der Waals surface area contributed by atoms with E-state index in [1.54, 1.807) is 0 Å². The van der Waals surface area contributed by atoms with Gasteiger partial charge in [0.1, 0.15) is 17.1 Å². The van der Waals surface area contributed by atoms with Crippen molar-refractivity contribution in [3.63, 3.8) is 0 Å². The topological polar surface area (TPSA) is 102 Å². The molecule has 24 heavy (non-hydrogen) atoms. The number of aromatic hydroxyl groups is 1. The maximum atomic E-state index is 12.7. The van der Waals surface area contributed by atoms with Crippen LogP contribution in [0.4, 0.5) is 8.78 Å². The normalized spacial score (nSPS) is 12.2. The quantitative estimate of drug-likeness (QED) is 0.842. The standard InChI is InChI=1S/C14H15F2N3O4S/c1-3-24(21,22)11-6-9(20)7-17-13(11)10-4-5-12(19-18-10)23-8-14(2,15)16/h4-7,20H,3,8H2,1-2H3. The molecule has 0 spiro atoms. The Labute approximate surface area is 137 Å². The Morgan fingerprint density at radius 1 is 1.29 bits per heavy atom. The summed E-state index contributed by atoms with van der Waals surface area (Å²) in [5, 5.41) is 16.9. The lowest BCUT2D eigenvalue weighted by atomic mass is 10.2. The van der Waals surface area contributed by atoms with Crippen LogP contribution < -0.4 is 4.74 Å². The number of rotatable bonds is 6. The summed E-state index contributed by atoms with van der Waals surface area (Å²) in [5.41, 5.74) is 0.118. The van der Waals surface area contributed by atoms with Gasteiger partial charge in [-0.15, -0.1) is 10.2 Å². The molecule has 7 nitrogen and oxygen atoms in total. The number of nitrogens with zero attached hydrogens (tertiary/aromatic N) is 3. The maximum Gasteiger partial charge on any atom is 0.278 e. The predicted octanol–water partition coefficient (Wildman–Crippen LogP) is 2.07. The van der Waals surface area contributed by atoms with E-state index in [2.05, 4.69) is 15.2 Å². The zero-order valence-electron chi connectivity index (χ0n) is 12.9. The van der Waals surface area contributed by atoms with E-state index in [1.807, 2.05) is 0 Å². The fraction of sp³-hybridized carbons (Fsp3) is 0.357. The van der Waals surface area contributed by atoms with Gasteiger partial charge in [-0.05, 0) is 6.07 Å². The van der Waals surface area contributed by atoms with Gasteiger partial charge in [0.15, 0.2) is 16.4 Å². The van der Waals surface area contributed by atoms with Crippen LogP contribution in [0.15, 0.2) is 29.3 Å². The lowest BCUT2D eigenvalue weighted by Crippen LogP contribution is -2.21. The summed E-state index contributed by atoms with van der Waals surface area (Å²) in [6, 6.07) is 3.71. The molecule has 2 rings (SSSR count). The van der Waals surface area contributed by atoms with Crippen molar-refractivity contribution in [2.24, 2.45) is 0 Å². The Bertz CT molecular complexity index is 821. The molecule has 0 bridgehead atoms. The molecule has 0 aliphatic heterocycles. The van der Waals surface area contributed by atoms with Gasteiger partial charge in [-0.2, -0.15) is 0 Å². The molecule has 2 aromatic heterocycles. The molecular formula is C14H15F2N3O4S. The first-order valence-electron chi connectivity index (χ1n) is 6.89. The van der Waals surface area contributed by atoms with E-state index in [-0.39, 0.29) is 33.7 Å². The van der Waals surface area contributed by atoms with Crippen molar-refractivity contribution >= 4 is 9.84 Å². The van der Waals surface area contributed by atoms with E-state index in [1.165, 1.54) is 19.1 Å². The van der Waals surface area contributed by atoms with Crippen LogP contribution in [0.2, 0.25) is 0 Å². The summed E-state index contributed by atoms with van der Waals surface area (Å²) in [7, 11) is -3.66. The number of alkyl halides is 2. The van der Waals surface area contributed by atoms with E-state index in [0.717, 1.165) is 12.3 Å². The SMILES string of the molecule is CCS(=O)(=O)c1cc(O)cnc1-c1ccc(OCC(C)(F)F)nn1. The van der Waals surface area contributed by atoms with Gasteiger partial charge in [0.2, 0.25) is 5.88 Å². The Balaban J connectivity index is 2.36. The summed E-state index contributed by atoms with van der Waals surface area (Å²) in [4.78, 5) is 3.70. The highest BCUT2D eigenvalue weighted by molar-refractivity contribution is 7.91. The van der Waals surface area contributed by atoms with E-state index >= 15 is 0 Å². The summed E-state index contributed by atoms with van der Waals surface area (Å²) in [6.07, 6.45) is 1.08. The molecule has 0 aliphatic carbocycles.